The first-order valence-electron chi connectivity index (χ1n) is 10.4. The van der Waals surface area contributed by atoms with Crippen LogP contribution in [0.3, 0.4) is 0 Å². The van der Waals surface area contributed by atoms with Crippen LogP contribution in [0, 0.1) is 6.92 Å². The summed E-state index contributed by atoms with van der Waals surface area (Å²) in [5.74, 6) is 0.158. The van der Waals surface area contributed by atoms with Gasteiger partial charge in [-0.15, -0.1) is 0 Å². The van der Waals surface area contributed by atoms with Crippen molar-refractivity contribution in [3.8, 4) is 22.7 Å². The second-order valence-corrected chi connectivity index (χ2v) is 7.93. The molecule has 0 aliphatic heterocycles. The fraction of sp³-hybridized carbons (Fsp3) is 0.115. The number of hydrogen-bond donors (Lipinski definition) is 1. The van der Waals surface area contributed by atoms with Gasteiger partial charge in [0, 0.05) is 10.6 Å². The Labute approximate surface area is 197 Å². The lowest BCUT2D eigenvalue weighted by Gasteiger charge is -2.13. The molecule has 0 bridgehead atoms. The van der Waals surface area contributed by atoms with Crippen molar-refractivity contribution in [1.82, 2.24) is 15.2 Å². The molecule has 4 rings (SSSR count). The number of amides is 1. The summed E-state index contributed by atoms with van der Waals surface area (Å²) in [6.45, 7) is 3.67. The highest BCUT2D eigenvalue weighted by Gasteiger charge is 2.15. The Morgan fingerprint density at radius 3 is 2.58 bits per heavy atom. The van der Waals surface area contributed by atoms with Gasteiger partial charge in [0.15, 0.2) is 6.61 Å². The molecule has 1 aromatic heterocycles. The third kappa shape index (κ3) is 5.48. The molecule has 1 amide bonds. The number of ether oxygens (including phenoxy) is 1. The van der Waals surface area contributed by atoms with E-state index in [-0.39, 0.29) is 12.5 Å². The molecule has 0 saturated carbocycles. The molecule has 0 radical (unpaired) electrons. The van der Waals surface area contributed by atoms with E-state index in [1.54, 1.807) is 29.1 Å². The van der Waals surface area contributed by atoms with Gasteiger partial charge in [-0.1, -0.05) is 59.6 Å². The number of nitrogens with one attached hydrogen (secondary N) is 1. The van der Waals surface area contributed by atoms with Gasteiger partial charge in [0.1, 0.15) is 5.75 Å². The maximum atomic E-state index is 12.4. The van der Waals surface area contributed by atoms with Gasteiger partial charge in [-0.25, -0.2) is 10.1 Å². The second kappa shape index (κ2) is 10.1. The number of benzene rings is 3. The van der Waals surface area contributed by atoms with E-state index in [0.717, 1.165) is 28.1 Å². The summed E-state index contributed by atoms with van der Waals surface area (Å²) in [5.41, 5.74) is 7.80. The minimum Gasteiger partial charge on any atom is -0.483 e. The number of aryl methyl sites for hydroxylation is 1. The molecule has 0 unspecified atom stereocenters. The maximum absolute atomic E-state index is 12.4. The lowest BCUT2D eigenvalue weighted by atomic mass is 10.1. The van der Waals surface area contributed by atoms with Gasteiger partial charge >= 0.3 is 0 Å². The van der Waals surface area contributed by atoms with Gasteiger partial charge in [-0.3, -0.25) is 4.79 Å². The van der Waals surface area contributed by atoms with Gasteiger partial charge in [-0.05, 0) is 55.8 Å². The Morgan fingerprint density at radius 2 is 1.82 bits per heavy atom. The molecular formula is C26H23ClN4O2. The highest BCUT2D eigenvalue weighted by atomic mass is 35.5. The summed E-state index contributed by atoms with van der Waals surface area (Å²) in [7, 11) is 0. The van der Waals surface area contributed by atoms with Crippen LogP contribution in [0.2, 0.25) is 5.02 Å². The Morgan fingerprint density at radius 1 is 1.06 bits per heavy atom. The Bertz CT molecular complexity index is 1280. The number of rotatable bonds is 7. The summed E-state index contributed by atoms with van der Waals surface area (Å²) < 4.78 is 7.64. The summed E-state index contributed by atoms with van der Waals surface area (Å²) in [6, 6.07) is 24.8. The standard InChI is InChI=1S/C26H23ClN4O2/c1-18-8-10-20(11-9-18)19(2)29-30-26(32)17-33-25-13-12-21(27)16-23(25)24-14-15-28-31(24)22-6-4-3-5-7-22/h3-16H,17H2,1-2H3,(H,30,32)/b29-19+. The zero-order chi connectivity index (χ0) is 23.2. The van der Waals surface area contributed by atoms with E-state index >= 15 is 0 Å². The molecule has 6 nitrogen and oxygen atoms in total. The number of halogens is 1. The molecule has 4 aromatic rings. The smallest absolute Gasteiger partial charge is 0.277 e. The third-order valence-electron chi connectivity index (χ3n) is 5.04. The third-order valence-corrected chi connectivity index (χ3v) is 5.27. The predicted octanol–water partition coefficient (Wildman–Crippen LogP) is 5.42. The predicted molar refractivity (Wildman–Crippen MR) is 131 cm³/mol. The van der Waals surface area contributed by atoms with Gasteiger partial charge in [0.05, 0.1) is 23.3 Å². The number of para-hydroxylation sites is 1. The van der Waals surface area contributed by atoms with Crippen LogP contribution in [0.15, 0.2) is 90.2 Å². The minimum absolute atomic E-state index is 0.196. The average Bonchev–Trinajstić information content (AvgIpc) is 3.32. The van der Waals surface area contributed by atoms with Crippen molar-refractivity contribution >= 4 is 23.2 Å². The number of carbonyl (C=O) groups is 1. The van der Waals surface area contributed by atoms with E-state index in [1.807, 2.05) is 74.5 Å². The normalized spacial score (nSPS) is 11.3. The van der Waals surface area contributed by atoms with Crippen LogP contribution in [-0.2, 0) is 4.79 Å². The van der Waals surface area contributed by atoms with Crippen LogP contribution in [0.1, 0.15) is 18.1 Å². The topological polar surface area (TPSA) is 68.5 Å². The zero-order valence-corrected chi connectivity index (χ0v) is 19.1. The highest BCUT2D eigenvalue weighted by Crippen LogP contribution is 2.33. The summed E-state index contributed by atoms with van der Waals surface area (Å²) in [5, 5.41) is 9.17. The van der Waals surface area contributed by atoms with E-state index in [2.05, 4.69) is 15.6 Å². The lowest BCUT2D eigenvalue weighted by molar-refractivity contribution is -0.123. The van der Waals surface area contributed by atoms with Crippen LogP contribution in [-0.4, -0.2) is 28.0 Å². The molecule has 0 spiro atoms. The highest BCUT2D eigenvalue weighted by molar-refractivity contribution is 6.31. The Kier molecular flexibility index (Phi) is 6.86. The molecule has 166 valence electrons. The first-order chi connectivity index (χ1) is 16.0. The van der Waals surface area contributed by atoms with Crippen LogP contribution in [0.25, 0.3) is 16.9 Å². The van der Waals surface area contributed by atoms with E-state index in [9.17, 15) is 4.79 Å². The van der Waals surface area contributed by atoms with E-state index < -0.39 is 0 Å². The summed E-state index contributed by atoms with van der Waals surface area (Å²) >= 11 is 6.27. The first kappa shape index (κ1) is 22.3. The number of carbonyl (C=O) groups excluding carboxylic acids is 1. The molecule has 0 fully saturated rings. The molecule has 0 aliphatic carbocycles. The monoisotopic (exact) mass is 458 g/mol. The molecule has 0 atom stereocenters. The van der Waals surface area contributed by atoms with Gasteiger partial charge < -0.3 is 4.74 Å². The van der Waals surface area contributed by atoms with Crippen molar-refractivity contribution in [3.05, 3.63) is 101 Å². The summed E-state index contributed by atoms with van der Waals surface area (Å²) in [6.07, 6.45) is 1.71. The Balaban J connectivity index is 1.49. The quantitative estimate of drug-likeness (QED) is 0.297. The number of nitrogens with zero attached hydrogens (tertiary/aromatic N) is 3. The molecule has 0 saturated heterocycles. The van der Waals surface area contributed by atoms with E-state index in [4.69, 9.17) is 16.3 Å². The van der Waals surface area contributed by atoms with Crippen molar-refractivity contribution in [2.24, 2.45) is 5.10 Å². The van der Waals surface area contributed by atoms with E-state index in [0.29, 0.717) is 16.5 Å². The molecule has 3 aromatic carbocycles. The number of hydrogen-bond acceptors (Lipinski definition) is 4. The van der Waals surface area contributed by atoms with Crippen LogP contribution in [0.5, 0.6) is 5.75 Å². The number of hydrazone groups is 1. The Hall–Kier alpha value is -3.90. The van der Waals surface area contributed by atoms with Crippen LogP contribution < -0.4 is 10.2 Å². The molecule has 7 heteroatoms. The van der Waals surface area contributed by atoms with Crippen molar-refractivity contribution < 1.29 is 9.53 Å². The first-order valence-corrected chi connectivity index (χ1v) is 10.8. The van der Waals surface area contributed by atoms with E-state index in [1.165, 1.54) is 0 Å². The van der Waals surface area contributed by atoms with Crippen LogP contribution >= 0.6 is 11.6 Å². The van der Waals surface area contributed by atoms with Crippen molar-refractivity contribution in [1.29, 1.82) is 0 Å². The molecular weight excluding hydrogens is 436 g/mol. The lowest BCUT2D eigenvalue weighted by Crippen LogP contribution is -2.25. The zero-order valence-electron chi connectivity index (χ0n) is 18.3. The summed E-state index contributed by atoms with van der Waals surface area (Å²) in [4.78, 5) is 12.4. The van der Waals surface area contributed by atoms with Gasteiger partial charge in [0.25, 0.3) is 5.91 Å². The largest absolute Gasteiger partial charge is 0.483 e. The fourth-order valence-corrected chi connectivity index (χ4v) is 3.46. The number of aromatic nitrogens is 2. The van der Waals surface area contributed by atoms with Crippen molar-refractivity contribution in [2.45, 2.75) is 13.8 Å². The SMILES string of the molecule is C/C(=N\NC(=O)COc1ccc(Cl)cc1-c1ccnn1-c1ccccc1)c1ccc(C)cc1. The average molecular weight is 459 g/mol. The van der Waals surface area contributed by atoms with Crippen molar-refractivity contribution in [3.63, 3.8) is 0 Å². The van der Waals surface area contributed by atoms with Gasteiger partial charge in [-0.2, -0.15) is 10.2 Å². The van der Waals surface area contributed by atoms with Gasteiger partial charge in [0.2, 0.25) is 0 Å². The fourth-order valence-electron chi connectivity index (χ4n) is 3.29. The minimum atomic E-state index is -0.362. The molecule has 33 heavy (non-hydrogen) atoms. The van der Waals surface area contributed by atoms with Crippen LogP contribution in [0.4, 0.5) is 0 Å². The second-order valence-electron chi connectivity index (χ2n) is 7.49. The molecule has 1 heterocycles. The molecule has 0 aliphatic rings. The maximum Gasteiger partial charge on any atom is 0.277 e. The molecule has 1 N–H and O–H groups in total. The van der Waals surface area contributed by atoms with Crippen molar-refractivity contribution in [2.75, 3.05) is 6.61 Å².